The van der Waals surface area contributed by atoms with E-state index in [1.807, 2.05) is 11.4 Å². The van der Waals surface area contributed by atoms with Crippen LogP contribution in [0.25, 0.3) is 0 Å². The summed E-state index contributed by atoms with van der Waals surface area (Å²) in [6, 6.07) is 14.3. The smallest absolute Gasteiger partial charge is 0.251 e. The van der Waals surface area contributed by atoms with Crippen molar-refractivity contribution >= 4 is 29.0 Å². The van der Waals surface area contributed by atoms with Crippen LogP contribution in [0.5, 0.6) is 5.75 Å². The molecule has 7 nitrogen and oxygen atoms in total. The number of amides is 2. The molecule has 8 heteroatoms. The van der Waals surface area contributed by atoms with Crippen molar-refractivity contribution in [1.82, 2.24) is 10.2 Å². The number of fused-ring (bicyclic) bond motifs is 1. The molecule has 164 valence electrons. The largest absolute Gasteiger partial charge is 0.508 e. The monoisotopic (exact) mass is 448 g/mol. The Balaban J connectivity index is 1.54. The molecular weight excluding hydrogens is 424 g/mol. The topological polar surface area (TPSA) is 120 Å². The van der Waals surface area contributed by atoms with Crippen LogP contribution < -0.4 is 11.1 Å². The summed E-state index contributed by atoms with van der Waals surface area (Å²) in [5.74, 6) is -0.434. The first kappa shape index (κ1) is 21.6. The summed E-state index contributed by atoms with van der Waals surface area (Å²) < 4.78 is 0. The number of hydrogen-bond acceptors (Lipinski definition) is 5. The second-order valence-corrected chi connectivity index (χ2v) is 8.77. The van der Waals surface area contributed by atoms with E-state index in [4.69, 9.17) is 11.1 Å². The first-order chi connectivity index (χ1) is 15.4. The molecule has 0 spiro atoms. The third-order valence-corrected chi connectivity index (χ3v) is 6.58. The molecule has 0 unspecified atom stereocenters. The number of amidine groups is 1. The molecule has 0 radical (unpaired) electrons. The molecule has 1 aromatic heterocycles. The zero-order chi connectivity index (χ0) is 22.7. The van der Waals surface area contributed by atoms with Crippen molar-refractivity contribution in [3.63, 3.8) is 0 Å². The highest BCUT2D eigenvalue weighted by molar-refractivity contribution is 7.10. The highest BCUT2D eigenvalue weighted by Gasteiger charge is 2.29. The summed E-state index contributed by atoms with van der Waals surface area (Å²) in [6.45, 7) is 1.15. The normalized spacial score (nSPS) is 13.8. The molecule has 5 N–H and O–H groups in total. The summed E-state index contributed by atoms with van der Waals surface area (Å²) in [5, 5.41) is 22.0. The molecule has 3 aromatic rings. The summed E-state index contributed by atoms with van der Waals surface area (Å²) >= 11 is 1.71. The van der Waals surface area contributed by atoms with Crippen LogP contribution in [0.1, 0.15) is 31.9 Å². The number of nitrogen functional groups attached to an aromatic ring is 1. The van der Waals surface area contributed by atoms with Crippen LogP contribution in [0.2, 0.25) is 0 Å². The third kappa shape index (κ3) is 4.81. The molecule has 4 rings (SSSR count). The molecular formula is C24H24N4O3S. The Labute approximate surface area is 190 Å². The Morgan fingerprint density at radius 1 is 1.09 bits per heavy atom. The number of nitrogens with zero attached hydrogens (tertiary/aromatic N) is 1. The fourth-order valence-corrected chi connectivity index (χ4v) is 4.66. The molecule has 0 aliphatic carbocycles. The number of phenolic OH excluding ortho intramolecular Hbond substituents is 1. The molecule has 0 fully saturated rings. The maximum absolute atomic E-state index is 13.4. The lowest BCUT2D eigenvalue weighted by Crippen LogP contribution is -2.50. The lowest BCUT2D eigenvalue weighted by molar-refractivity contribution is -0.134. The number of rotatable bonds is 6. The zero-order valence-corrected chi connectivity index (χ0v) is 18.2. The fourth-order valence-electron chi connectivity index (χ4n) is 3.77. The van der Waals surface area contributed by atoms with E-state index in [0.717, 1.165) is 17.5 Å². The number of thiophene rings is 1. The zero-order valence-electron chi connectivity index (χ0n) is 17.4. The predicted octanol–water partition coefficient (Wildman–Crippen LogP) is 2.66. The minimum atomic E-state index is -0.750. The van der Waals surface area contributed by atoms with Gasteiger partial charge >= 0.3 is 0 Å². The quantitative estimate of drug-likeness (QED) is 0.342. The summed E-state index contributed by atoms with van der Waals surface area (Å²) in [5.41, 5.74) is 8.39. The van der Waals surface area contributed by atoms with Gasteiger partial charge in [-0.15, -0.1) is 11.3 Å². The van der Waals surface area contributed by atoms with Crippen LogP contribution in [-0.4, -0.2) is 40.2 Å². The average molecular weight is 449 g/mol. The van der Waals surface area contributed by atoms with Crippen LogP contribution in [0.15, 0.2) is 60.0 Å². The van der Waals surface area contributed by atoms with E-state index in [2.05, 4.69) is 5.32 Å². The maximum Gasteiger partial charge on any atom is 0.251 e. The second kappa shape index (κ2) is 9.23. The van der Waals surface area contributed by atoms with Gasteiger partial charge in [0.2, 0.25) is 5.91 Å². The van der Waals surface area contributed by atoms with E-state index < -0.39 is 6.04 Å². The van der Waals surface area contributed by atoms with Crippen molar-refractivity contribution in [3.8, 4) is 5.75 Å². The molecule has 2 amide bonds. The Kier molecular flexibility index (Phi) is 6.23. The highest BCUT2D eigenvalue weighted by Crippen LogP contribution is 2.25. The molecule has 2 heterocycles. The van der Waals surface area contributed by atoms with Crippen molar-refractivity contribution in [2.45, 2.75) is 25.4 Å². The van der Waals surface area contributed by atoms with Gasteiger partial charge in [-0.1, -0.05) is 24.3 Å². The standard InChI is InChI=1S/C24H24N4O3S/c25-22(26)16-3-5-17(6-4-16)23(30)27-20(13-15-1-7-19(29)8-2-15)24(31)28-11-9-21-18(14-28)10-12-32-21/h1-8,10,12,20,29H,9,11,13-14H2,(H3,25,26)(H,27,30)/t20-/m1/s1. The van der Waals surface area contributed by atoms with Gasteiger partial charge in [-0.05, 0) is 53.3 Å². The van der Waals surface area contributed by atoms with Gasteiger partial charge < -0.3 is 21.1 Å². The number of nitrogens with two attached hydrogens (primary N) is 1. The lowest BCUT2D eigenvalue weighted by Gasteiger charge is -2.31. The van der Waals surface area contributed by atoms with Gasteiger partial charge in [-0.2, -0.15) is 0 Å². The van der Waals surface area contributed by atoms with Gasteiger partial charge in [0.1, 0.15) is 17.6 Å². The molecule has 0 saturated heterocycles. The summed E-state index contributed by atoms with van der Waals surface area (Å²) in [6.07, 6.45) is 1.12. The maximum atomic E-state index is 13.4. The van der Waals surface area contributed by atoms with Crippen LogP contribution in [0.4, 0.5) is 0 Å². The van der Waals surface area contributed by atoms with Crippen molar-refractivity contribution in [2.24, 2.45) is 5.73 Å². The molecule has 1 aliphatic rings. The fraction of sp³-hybridized carbons (Fsp3) is 0.208. The Hall–Kier alpha value is -3.65. The predicted molar refractivity (Wildman–Crippen MR) is 124 cm³/mol. The van der Waals surface area contributed by atoms with Gasteiger partial charge in [0.15, 0.2) is 0 Å². The highest BCUT2D eigenvalue weighted by atomic mass is 32.1. The first-order valence-corrected chi connectivity index (χ1v) is 11.2. The van der Waals surface area contributed by atoms with Crippen molar-refractivity contribution in [2.75, 3.05) is 6.54 Å². The molecule has 0 bridgehead atoms. The van der Waals surface area contributed by atoms with Crippen molar-refractivity contribution < 1.29 is 14.7 Å². The van der Waals surface area contributed by atoms with Gasteiger partial charge in [-0.3, -0.25) is 15.0 Å². The lowest BCUT2D eigenvalue weighted by atomic mass is 10.0. The number of carbonyl (C=O) groups excluding carboxylic acids is 2. The van der Waals surface area contributed by atoms with Crippen molar-refractivity contribution in [1.29, 1.82) is 5.41 Å². The van der Waals surface area contributed by atoms with Gasteiger partial charge in [-0.25, -0.2) is 0 Å². The Bertz CT molecular complexity index is 1140. The number of aromatic hydroxyl groups is 1. The Morgan fingerprint density at radius 3 is 2.47 bits per heavy atom. The number of benzene rings is 2. The van der Waals surface area contributed by atoms with E-state index in [0.29, 0.717) is 30.6 Å². The van der Waals surface area contributed by atoms with Crippen LogP contribution in [0.3, 0.4) is 0 Å². The number of phenols is 1. The third-order valence-electron chi connectivity index (χ3n) is 5.56. The number of hydrogen-bond donors (Lipinski definition) is 4. The molecule has 2 aromatic carbocycles. The van der Waals surface area contributed by atoms with Gasteiger partial charge in [0.25, 0.3) is 5.91 Å². The van der Waals surface area contributed by atoms with E-state index in [9.17, 15) is 14.7 Å². The Morgan fingerprint density at radius 2 is 1.78 bits per heavy atom. The van der Waals surface area contributed by atoms with E-state index in [1.54, 1.807) is 64.8 Å². The van der Waals surface area contributed by atoms with E-state index in [-0.39, 0.29) is 23.4 Å². The molecule has 0 saturated carbocycles. The van der Waals surface area contributed by atoms with Crippen LogP contribution >= 0.6 is 11.3 Å². The summed E-state index contributed by atoms with van der Waals surface area (Å²) in [4.78, 5) is 29.4. The number of carbonyl (C=O) groups is 2. The van der Waals surface area contributed by atoms with Crippen LogP contribution in [0, 0.1) is 5.41 Å². The van der Waals surface area contributed by atoms with E-state index in [1.165, 1.54) is 4.88 Å². The minimum Gasteiger partial charge on any atom is -0.508 e. The SMILES string of the molecule is N=C(N)c1ccc(C(=O)N[C@H](Cc2ccc(O)cc2)C(=O)N2CCc3sccc3C2)cc1. The number of nitrogens with one attached hydrogen (secondary N) is 2. The van der Waals surface area contributed by atoms with Gasteiger partial charge in [0.05, 0.1) is 0 Å². The average Bonchev–Trinajstić information content (AvgIpc) is 3.27. The summed E-state index contributed by atoms with van der Waals surface area (Å²) in [7, 11) is 0. The minimum absolute atomic E-state index is 0.0739. The molecule has 32 heavy (non-hydrogen) atoms. The molecule has 1 aliphatic heterocycles. The van der Waals surface area contributed by atoms with Crippen LogP contribution in [-0.2, 0) is 24.2 Å². The van der Waals surface area contributed by atoms with Crippen molar-refractivity contribution in [3.05, 3.63) is 87.1 Å². The molecule has 1 atom stereocenters. The second-order valence-electron chi connectivity index (χ2n) is 7.77. The van der Waals surface area contributed by atoms with E-state index >= 15 is 0 Å². The van der Waals surface area contributed by atoms with Gasteiger partial charge in [0, 0.05) is 35.5 Å². The first-order valence-electron chi connectivity index (χ1n) is 10.3.